The molecule has 0 saturated carbocycles. The van der Waals surface area contributed by atoms with Crippen molar-refractivity contribution in [1.29, 1.82) is 21.0 Å². The molecule has 4 aromatic carbocycles. The van der Waals surface area contributed by atoms with Gasteiger partial charge in [0.2, 0.25) is 23.6 Å². The zero-order valence-corrected chi connectivity index (χ0v) is 68.3. The van der Waals surface area contributed by atoms with Gasteiger partial charge in [-0.15, -0.1) is 0 Å². The third-order valence-corrected chi connectivity index (χ3v) is 24.8. The lowest BCUT2D eigenvalue weighted by Crippen LogP contribution is -2.49. The van der Waals surface area contributed by atoms with Gasteiger partial charge in [-0.2, -0.15) is 21.0 Å². The second-order valence-corrected chi connectivity index (χ2v) is 33.7. The van der Waals surface area contributed by atoms with Gasteiger partial charge in [0, 0.05) is 127 Å². The van der Waals surface area contributed by atoms with E-state index in [1.165, 1.54) is 0 Å². The van der Waals surface area contributed by atoms with Crippen LogP contribution in [0.15, 0.2) is 98.1 Å². The summed E-state index contributed by atoms with van der Waals surface area (Å²) in [5.74, 6) is -7.92. The third kappa shape index (κ3) is 21.4. The van der Waals surface area contributed by atoms with Crippen LogP contribution in [-0.2, 0) is 19.2 Å². The van der Waals surface area contributed by atoms with Crippen molar-refractivity contribution in [2.45, 2.75) is 154 Å². The van der Waals surface area contributed by atoms with Gasteiger partial charge in [-0.3, -0.25) is 59.0 Å². The van der Waals surface area contributed by atoms with Gasteiger partial charge < -0.3 is 61.3 Å². The Kier molecular flexibility index (Phi) is 29.8. The summed E-state index contributed by atoms with van der Waals surface area (Å²) in [6.07, 6.45) is 14.4. The number of fused-ring (bicyclic) bond motifs is 4. The number of nitrogens with one attached hydrogen (secondary N) is 6. The third-order valence-electron chi connectivity index (χ3n) is 24.8. The molecule has 2 unspecified atom stereocenters. The minimum Gasteiger partial charge on any atom is -0.367 e. The van der Waals surface area contributed by atoms with Gasteiger partial charge in [0.15, 0.2) is 0 Å². The number of hydrogen-bond donors (Lipinski definition) is 6. The number of halogens is 6. The van der Waals surface area contributed by atoms with Crippen molar-refractivity contribution in [1.82, 2.24) is 81.6 Å². The number of anilines is 4. The van der Waals surface area contributed by atoms with Crippen LogP contribution >= 0.6 is 0 Å². The Morgan fingerprint density at radius 1 is 0.385 bits per heavy atom. The molecule has 8 saturated heterocycles. The first-order chi connectivity index (χ1) is 57.5. The van der Waals surface area contributed by atoms with Gasteiger partial charge in [-0.05, 0) is 164 Å². The van der Waals surface area contributed by atoms with Gasteiger partial charge in [-0.25, -0.2) is 26.3 Å². The van der Waals surface area contributed by atoms with Gasteiger partial charge in [0.25, 0.3) is 11.8 Å². The summed E-state index contributed by atoms with van der Waals surface area (Å²) in [7, 11) is 3.35. The van der Waals surface area contributed by atoms with Crippen LogP contribution in [0.5, 0.6) is 0 Å². The highest BCUT2D eigenvalue weighted by Gasteiger charge is 2.48. The Labute approximate surface area is 708 Å². The largest absolute Gasteiger partial charge is 0.367 e. The Morgan fingerprint density at radius 2 is 0.623 bits per heavy atom. The molecule has 0 radical (unpaired) electrons. The van der Waals surface area contributed by atoms with Crippen molar-refractivity contribution < 1.29 is 45.5 Å². The molecule has 12 heterocycles. The zero-order chi connectivity index (χ0) is 85.2. The first-order valence-electron chi connectivity index (χ1n) is 41.2. The number of rotatable bonds is 16. The van der Waals surface area contributed by atoms with E-state index in [0.717, 1.165) is 35.8 Å². The number of benzene rings is 4. The number of nitriles is 4. The average molecular weight is 1680 g/mol. The van der Waals surface area contributed by atoms with Crippen molar-refractivity contribution in [3.05, 3.63) is 120 Å². The highest BCUT2D eigenvalue weighted by molar-refractivity contribution is 5.95. The fourth-order valence-corrected chi connectivity index (χ4v) is 17.9. The molecule has 0 bridgehead atoms. The maximum atomic E-state index is 14.8. The molecule has 0 spiro atoms. The molecule has 8 aliphatic heterocycles. The van der Waals surface area contributed by atoms with E-state index in [1.807, 2.05) is 38.1 Å². The topological polar surface area (TPSA) is 358 Å². The van der Waals surface area contributed by atoms with E-state index in [1.54, 1.807) is 97.7 Å². The predicted molar refractivity (Wildman–Crippen MR) is 455 cm³/mol. The summed E-state index contributed by atoms with van der Waals surface area (Å²) >= 11 is 0. The molecule has 8 fully saturated rings. The first kappa shape index (κ1) is 91.4. The van der Waals surface area contributed by atoms with Crippen LogP contribution < -0.4 is 51.5 Å². The maximum absolute atomic E-state index is 14.8. The van der Waals surface area contributed by atoms with Crippen molar-refractivity contribution in [2.24, 2.45) is 35.5 Å². The minimum atomic E-state index is -2.85. The van der Waals surface area contributed by atoms with Crippen LogP contribution in [0.2, 0.25) is 0 Å². The number of hydrogen-bond acceptors (Lipinski definition) is 24. The van der Waals surface area contributed by atoms with E-state index in [0.29, 0.717) is 183 Å². The van der Waals surface area contributed by atoms with E-state index in [-0.39, 0.29) is 125 Å². The number of carbonyl (C=O) groups excluding carboxylic acids is 4. The standard InChI is InChI=1S/2C22H26F2N6O.2C21H25FN6O.2CH4/c2*1-14-11-30(18-4-3-15(10-25)20-21(18)27-7-6-26-20)12-17(14)28-19(31)9-16-5-8-29(2)13-22(16,23)24;2*1-14-12-28(17-3-2-15(11-23)19-20(17)26-9-8-25-19)13-16(14)27-18(29)10-21(22)4-6-24-7-5-21;;/h2*3-4,6-7,14,16-17H,5,8-9,11-13H2,1-2H3,(H,28,31);2*2-3,8-9,14,16,24H,4-7,10,12-13H2,1H3,(H,27,29);2*1H4/t2*14-,16?,17+;2*14-,16+;;/m1111../s1. The number of nitrogens with zero attached hydrogens (tertiary/aromatic N) is 18. The van der Waals surface area contributed by atoms with E-state index in [9.17, 15) is 66.6 Å². The van der Waals surface area contributed by atoms with Crippen molar-refractivity contribution in [3.63, 3.8) is 0 Å². The molecule has 648 valence electrons. The first-order valence-corrected chi connectivity index (χ1v) is 41.2. The normalized spacial score (nSPS) is 24.5. The van der Waals surface area contributed by atoms with Crippen molar-refractivity contribution in [2.75, 3.05) is 138 Å². The smallest absolute Gasteiger partial charge is 0.263 e. The second-order valence-electron chi connectivity index (χ2n) is 33.7. The van der Waals surface area contributed by atoms with Gasteiger partial charge >= 0.3 is 0 Å². The highest BCUT2D eigenvalue weighted by Crippen LogP contribution is 2.40. The molecule has 0 aliphatic carbocycles. The summed E-state index contributed by atoms with van der Waals surface area (Å²) in [4.78, 5) is 96.9. The molecule has 28 nitrogen and oxygen atoms in total. The van der Waals surface area contributed by atoms with Crippen molar-refractivity contribution in [3.8, 4) is 24.3 Å². The zero-order valence-electron chi connectivity index (χ0n) is 68.3. The lowest BCUT2D eigenvalue weighted by atomic mass is 9.89. The minimum absolute atomic E-state index is 0. The molecule has 6 N–H and O–H groups in total. The lowest BCUT2D eigenvalue weighted by molar-refractivity contribution is -0.135. The molecule has 8 aliphatic rings. The van der Waals surface area contributed by atoms with Crippen LogP contribution in [0.4, 0.5) is 49.1 Å². The summed E-state index contributed by atoms with van der Waals surface area (Å²) in [6, 6.07) is 22.6. The van der Waals surface area contributed by atoms with E-state index >= 15 is 0 Å². The fraction of sp³-hybridized carbons (Fsp3) is 0.545. The van der Waals surface area contributed by atoms with E-state index < -0.39 is 35.0 Å². The Bertz CT molecular complexity index is 4910. The summed E-state index contributed by atoms with van der Waals surface area (Å²) in [6.45, 7) is 16.4. The molecular weight excluding hydrogens is 1570 g/mol. The Balaban J connectivity index is 0.000000158. The SMILES string of the molecule is C.C.C[C@@H]1CN(c2ccc(C#N)c3nccnc23)C[C@@H]1NC(=O)CC1(F)CCNCC1.C[C@@H]1CN(c2ccc(C#N)c3nccnc23)C[C@@H]1NC(=O)CC1(F)CCNCC1.C[C@@H]1CN(c2ccc(C#N)c3nccnc23)C[C@@H]1NC(=O)CC1CCN(C)CC1(F)F.C[C@@H]1CN(c2ccc(C#N)c3nccnc23)C[C@@H]1NC(=O)CC1CCN(C)CC1(F)F. The maximum Gasteiger partial charge on any atom is 0.263 e. The highest BCUT2D eigenvalue weighted by atomic mass is 19.3. The molecular formula is C88H110F6N24O4. The van der Waals surface area contributed by atoms with Gasteiger partial charge in [0.05, 0.1) is 95.1 Å². The van der Waals surface area contributed by atoms with E-state index in [2.05, 4.69) is 129 Å². The number of likely N-dealkylation sites (tertiary alicyclic amines) is 2. The van der Waals surface area contributed by atoms with E-state index in [4.69, 9.17) is 0 Å². The molecule has 4 amide bonds. The number of alkyl halides is 6. The number of aromatic nitrogens is 8. The predicted octanol–water partition coefficient (Wildman–Crippen LogP) is 9.96. The van der Waals surface area contributed by atoms with Gasteiger partial charge in [0.1, 0.15) is 79.7 Å². The average Bonchev–Trinajstić information content (AvgIpc) is 1.51. The van der Waals surface area contributed by atoms with Crippen LogP contribution in [0.3, 0.4) is 0 Å². The number of carbonyl (C=O) groups is 4. The Morgan fingerprint density at radius 3 is 0.861 bits per heavy atom. The summed E-state index contributed by atoms with van der Waals surface area (Å²) in [5, 5.41) is 55.6. The Hall–Kier alpha value is -11.3. The number of amides is 4. The van der Waals surface area contributed by atoms with Crippen LogP contribution in [0.1, 0.15) is 129 Å². The molecule has 16 rings (SSSR count). The molecule has 8 aromatic rings. The van der Waals surface area contributed by atoms with Gasteiger partial charge in [-0.1, -0.05) is 42.5 Å². The second kappa shape index (κ2) is 39.7. The summed E-state index contributed by atoms with van der Waals surface area (Å²) in [5.41, 5.74) is 7.51. The van der Waals surface area contributed by atoms with Crippen molar-refractivity contribution >= 4 is 90.5 Å². The lowest BCUT2D eigenvalue weighted by Gasteiger charge is -2.36. The summed E-state index contributed by atoms with van der Waals surface area (Å²) < 4.78 is 86.8. The van der Waals surface area contributed by atoms with Crippen LogP contribution in [0.25, 0.3) is 44.1 Å². The molecule has 34 heteroatoms. The quantitative estimate of drug-likeness (QED) is 0.0490. The molecule has 10 atom stereocenters. The molecule has 122 heavy (non-hydrogen) atoms. The molecule has 4 aromatic heterocycles. The fourth-order valence-electron chi connectivity index (χ4n) is 17.9. The van der Waals surface area contributed by atoms with Crippen LogP contribution in [0, 0.1) is 80.8 Å². The van der Waals surface area contributed by atoms with Crippen LogP contribution in [-0.4, -0.2) is 239 Å². The number of piperidine rings is 4. The monoisotopic (exact) mass is 1680 g/mol.